The van der Waals surface area contributed by atoms with Gasteiger partial charge in [0.1, 0.15) is 0 Å². The van der Waals surface area contributed by atoms with Crippen molar-refractivity contribution in [2.75, 3.05) is 0 Å². The van der Waals surface area contributed by atoms with Crippen molar-refractivity contribution in [2.24, 2.45) is 0 Å². The monoisotopic (exact) mass is 310 g/mol. The molecule has 4 nitrogen and oxygen atoms in total. The minimum absolute atomic E-state index is 0.0495. The van der Waals surface area contributed by atoms with Gasteiger partial charge < -0.3 is 10.2 Å². The van der Waals surface area contributed by atoms with Crippen molar-refractivity contribution in [3.63, 3.8) is 0 Å². The fourth-order valence-corrected chi connectivity index (χ4v) is 2.07. The standard InChI is InChI=1S/C18H30O4/c1-2-3-4-8-11-16(19)14-15-17(20)12-9-6-5-7-10-13-18(21)22/h3-4,14-15,17,20H,2,5-13H2,1H3,(H,21,22)/b4-3-,15-14+. The van der Waals surface area contributed by atoms with E-state index in [0.29, 0.717) is 12.8 Å². The number of carbonyl (C=O) groups excluding carboxylic acids is 1. The molecule has 22 heavy (non-hydrogen) atoms. The van der Waals surface area contributed by atoms with E-state index in [1.807, 2.05) is 12.2 Å². The molecule has 0 spiro atoms. The van der Waals surface area contributed by atoms with Gasteiger partial charge in [0.05, 0.1) is 6.10 Å². The number of carboxylic acids is 1. The van der Waals surface area contributed by atoms with Crippen molar-refractivity contribution < 1.29 is 19.8 Å². The highest BCUT2D eigenvalue weighted by Crippen LogP contribution is 2.09. The number of unbranched alkanes of at least 4 members (excludes halogenated alkanes) is 4. The highest BCUT2D eigenvalue weighted by molar-refractivity contribution is 5.89. The molecule has 126 valence electrons. The second kappa shape index (κ2) is 14.5. The van der Waals surface area contributed by atoms with E-state index in [1.54, 1.807) is 6.08 Å². The zero-order chi connectivity index (χ0) is 16.6. The molecule has 0 saturated carbocycles. The molecule has 1 unspecified atom stereocenters. The van der Waals surface area contributed by atoms with Crippen LogP contribution in [0, 0.1) is 0 Å². The van der Waals surface area contributed by atoms with Crippen molar-refractivity contribution in [3.05, 3.63) is 24.3 Å². The minimum Gasteiger partial charge on any atom is -0.481 e. The van der Waals surface area contributed by atoms with E-state index in [9.17, 15) is 14.7 Å². The van der Waals surface area contributed by atoms with Gasteiger partial charge in [-0.1, -0.05) is 50.8 Å². The summed E-state index contributed by atoms with van der Waals surface area (Å²) in [6, 6.07) is 0. The number of aliphatic hydroxyl groups is 1. The maximum absolute atomic E-state index is 11.5. The third-order valence-electron chi connectivity index (χ3n) is 3.35. The van der Waals surface area contributed by atoms with E-state index >= 15 is 0 Å². The van der Waals surface area contributed by atoms with Crippen LogP contribution >= 0.6 is 0 Å². The molecule has 0 aromatic carbocycles. The van der Waals surface area contributed by atoms with E-state index in [4.69, 9.17) is 5.11 Å². The van der Waals surface area contributed by atoms with Gasteiger partial charge in [-0.2, -0.15) is 0 Å². The van der Waals surface area contributed by atoms with Gasteiger partial charge in [-0.05, 0) is 31.8 Å². The van der Waals surface area contributed by atoms with Crippen molar-refractivity contribution in [1.82, 2.24) is 0 Å². The molecule has 0 aromatic heterocycles. The van der Waals surface area contributed by atoms with E-state index in [1.165, 1.54) is 6.08 Å². The summed E-state index contributed by atoms with van der Waals surface area (Å²) in [4.78, 5) is 21.9. The Balaban J connectivity index is 3.57. The van der Waals surface area contributed by atoms with Crippen LogP contribution < -0.4 is 0 Å². The Morgan fingerprint density at radius 2 is 1.68 bits per heavy atom. The molecule has 2 N–H and O–H groups in total. The number of rotatable bonds is 14. The van der Waals surface area contributed by atoms with Gasteiger partial charge in [-0.3, -0.25) is 9.59 Å². The van der Waals surface area contributed by atoms with Crippen LogP contribution in [0.5, 0.6) is 0 Å². The van der Waals surface area contributed by atoms with Crippen LogP contribution in [0.15, 0.2) is 24.3 Å². The largest absolute Gasteiger partial charge is 0.481 e. The third kappa shape index (κ3) is 15.0. The third-order valence-corrected chi connectivity index (χ3v) is 3.35. The molecule has 0 aliphatic carbocycles. The number of aliphatic hydroxyl groups excluding tert-OH is 1. The second-order valence-electron chi connectivity index (χ2n) is 5.51. The summed E-state index contributed by atoms with van der Waals surface area (Å²) in [7, 11) is 0. The van der Waals surface area contributed by atoms with Crippen LogP contribution in [0.2, 0.25) is 0 Å². The topological polar surface area (TPSA) is 74.6 Å². The first-order valence-corrected chi connectivity index (χ1v) is 8.32. The summed E-state index contributed by atoms with van der Waals surface area (Å²) < 4.78 is 0. The van der Waals surface area contributed by atoms with Gasteiger partial charge in [0, 0.05) is 12.8 Å². The molecular formula is C18H30O4. The smallest absolute Gasteiger partial charge is 0.303 e. The Morgan fingerprint density at radius 1 is 1.00 bits per heavy atom. The van der Waals surface area contributed by atoms with E-state index < -0.39 is 12.1 Å². The molecular weight excluding hydrogens is 280 g/mol. The fraction of sp³-hybridized carbons (Fsp3) is 0.667. The summed E-state index contributed by atoms with van der Waals surface area (Å²) >= 11 is 0. The molecule has 0 heterocycles. The number of aliphatic carboxylic acids is 1. The summed E-state index contributed by atoms with van der Waals surface area (Å²) in [5.74, 6) is -0.691. The SMILES string of the molecule is CC/C=C\CCC(=O)/C=C/C(O)CCCCCCCC(=O)O. The Hall–Kier alpha value is -1.42. The van der Waals surface area contributed by atoms with Crippen LogP contribution in [0.4, 0.5) is 0 Å². The lowest BCUT2D eigenvalue weighted by molar-refractivity contribution is -0.137. The van der Waals surface area contributed by atoms with Crippen molar-refractivity contribution in [2.45, 2.75) is 77.2 Å². The number of carboxylic acid groups (broad SMARTS) is 1. The van der Waals surface area contributed by atoms with E-state index in [-0.39, 0.29) is 12.2 Å². The highest BCUT2D eigenvalue weighted by atomic mass is 16.4. The van der Waals surface area contributed by atoms with Gasteiger partial charge in [0.25, 0.3) is 0 Å². The lowest BCUT2D eigenvalue weighted by atomic mass is 10.1. The Kier molecular flexibility index (Phi) is 13.6. The average Bonchev–Trinajstić information content (AvgIpc) is 2.48. The molecule has 0 amide bonds. The number of allylic oxidation sites excluding steroid dienone is 3. The Morgan fingerprint density at radius 3 is 2.36 bits per heavy atom. The van der Waals surface area contributed by atoms with Gasteiger partial charge in [0.2, 0.25) is 0 Å². The normalized spacial score (nSPS) is 13.0. The first kappa shape index (κ1) is 20.6. The summed E-state index contributed by atoms with van der Waals surface area (Å²) in [6.45, 7) is 2.06. The molecule has 0 fully saturated rings. The Labute approximate surface area is 133 Å². The molecule has 0 aliphatic rings. The Bertz CT molecular complexity index is 358. The molecule has 4 heteroatoms. The van der Waals surface area contributed by atoms with Crippen LogP contribution in [0.25, 0.3) is 0 Å². The summed E-state index contributed by atoms with van der Waals surface area (Å²) in [5.41, 5.74) is 0. The predicted octanol–water partition coefficient (Wildman–Crippen LogP) is 4.03. The van der Waals surface area contributed by atoms with Gasteiger partial charge in [-0.25, -0.2) is 0 Å². The molecule has 1 atom stereocenters. The summed E-state index contributed by atoms with van der Waals surface area (Å²) in [6.07, 6.45) is 14.2. The number of hydrogen-bond donors (Lipinski definition) is 2. The van der Waals surface area contributed by atoms with Crippen molar-refractivity contribution >= 4 is 11.8 Å². The van der Waals surface area contributed by atoms with E-state index in [0.717, 1.165) is 44.9 Å². The first-order chi connectivity index (χ1) is 10.6. The van der Waals surface area contributed by atoms with Gasteiger partial charge >= 0.3 is 5.97 Å². The zero-order valence-electron chi connectivity index (χ0n) is 13.7. The lowest BCUT2D eigenvalue weighted by Gasteiger charge is -2.05. The molecule has 0 saturated heterocycles. The first-order valence-electron chi connectivity index (χ1n) is 8.32. The number of carbonyl (C=O) groups is 2. The molecule has 0 aliphatic heterocycles. The molecule has 0 bridgehead atoms. The minimum atomic E-state index is -0.740. The highest BCUT2D eigenvalue weighted by Gasteiger charge is 2.02. The zero-order valence-corrected chi connectivity index (χ0v) is 13.7. The number of hydrogen-bond acceptors (Lipinski definition) is 3. The van der Waals surface area contributed by atoms with Crippen molar-refractivity contribution in [3.8, 4) is 0 Å². The molecule has 0 rings (SSSR count). The maximum atomic E-state index is 11.5. The number of ketones is 1. The quantitative estimate of drug-likeness (QED) is 0.288. The van der Waals surface area contributed by atoms with Crippen LogP contribution in [-0.2, 0) is 9.59 Å². The predicted molar refractivity (Wildman–Crippen MR) is 88.8 cm³/mol. The molecule has 0 aromatic rings. The molecule has 0 radical (unpaired) electrons. The van der Waals surface area contributed by atoms with Crippen molar-refractivity contribution in [1.29, 1.82) is 0 Å². The van der Waals surface area contributed by atoms with Gasteiger partial charge in [-0.15, -0.1) is 0 Å². The summed E-state index contributed by atoms with van der Waals surface area (Å²) in [5, 5.41) is 18.3. The maximum Gasteiger partial charge on any atom is 0.303 e. The van der Waals surface area contributed by atoms with Crippen LogP contribution in [0.1, 0.15) is 71.1 Å². The average molecular weight is 310 g/mol. The lowest BCUT2D eigenvalue weighted by Crippen LogP contribution is -2.03. The van der Waals surface area contributed by atoms with Gasteiger partial charge in [0.15, 0.2) is 5.78 Å². The van der Waals surface area contributed by atoms with Crippen LogP contribution in [0.3, 0.4) is 0 Å². The second-order valence-corrected chi connectivity index (χ2v) is 5.51. The fourth-order valence-electron chi connectivity index (χ4n) is 2.07. The van der Waals surface area contributed by atoms with E-state index in [2.05, 4.69) is 6.92 Å². The van der Waals surface area contributed by atoms with Crippen LogP contribution in [-0.4, -0.2) is 28.1 Å².